The summed E-state index contributed by atoms with van der Waals surface area (Å²) in [6.07, 6.45) is 4.61. The third-order valence-corrected chi connectivity index (χ3v) is 3.83. The molecular weight excluding hydrogens is 332 g/mol. The SMILES string of the molecule is N#Cc1cnn(-c2ccc(C(=O)Nc3ccnc4ccnn34)cc2)c1N. The Kier molecular flexibility index (Phi) is 3.56. The third kappa shape index (κ3) is 2.51. The molecular formula is C17H12N8O. The number of hydrogen-bond acceptors (Lipinski definition) is 6. The van der Waals surface area contributed by atoms with Gasteiger partial charge in [-0.25, -0.2) is 9.67 Å². The molecule has 0 saturated heterocycles. The van der Waals surface area contributed by atoms with E-state index in [-0.39, 0.29) is 11.7 Å². The molecule has 1 amide bonds. The van der Waals surface area contributed by atoms with Gasteiger partial charge >= 0.3 is 0 Å². The number of hydrogen-bond donors (Lipinski definition) is 2. The highest BCUT2D eigenvalue weighted by Crippen LogP contribution is 2.17. The number of anilines is 2. The summed E-state index contributed by atoms with van der Waals surface area (Å²) < 4.78 is 2.98. The van der Waals surface area contributed by atoms with Crippen LogP contribution in [0, 0.1) is 11.3 Å². The summed E-state index contributed by atoms with van der Waals surface area (Å²) in [4.78, 5) is 16.6. The Morgan fingerprint density at radius 3 is 2.65 bits per heavy atom. The van der Waals surface area contributed by atoms with Gasteiger partial charge in [0, 0.05) is 17.8 Å². The van der Waals surface area contributed by atoms with Crippen LogP contribution in [-0.4, -0.2) is 30.3 Å². The zero-order valence-corrected chi connectivity index (χ0v) is 13.4. The van der Waals surface area contributed by atoms with Crippen LogP contribution in [-0.2, 0) is 0 Å². The summed E-state index contributed by atoms with van der Waals surface area (Å²) in [6.45, 7) is 0. The van der Waals surface area contributed by atoms with Crippen molar-refractivity contribution in [1.29, 1.82) is 5.26 Å². The fourth-order valence-electron chi connectivity index (χ4n) is 2.52. The Labute approximate surface area is 147 Å². The highest BCUT2D eigenvalue weighted by atomic mass is 16.1. The minimum atomic E-state index is -0.286. The van der Waals surface area contributed by atoms with Gasteiger partial charge in [0.1, 0.15) is 23.3 Å². The number of nitrogen functional groups attached to an aromatic ring is 1. The number of nitrogens with zero attached hydrogens (tertiary/aromatic N) is 6. The standard InChI is InChI=1S/C17H12N8O/c18-9-12-10-22-24(16(12)19)13-3-1-11(2-4-13)17(26)23-15-5-7-20-14-6-8-21-25(14)15/h1-8,10H,19H2,(H,23,26). The largest absolute Gasteiger partial charge is 0.382 e. The lowest BCUT2D eigenvalue weighted by molar-refractivity contribution is 0.102. The summed E-state index contributed by atoms with van der Waals surface area (Å²) in [7, 11) is 0. The van der Waals surface area contributed by atoms with E-state index in [1.165, 1.54) is 10.9 Å². The van der Waals surface area contributed by atoms with Crippen molar-refractivity contribution in [2.45, 2.75) is 0 Å². The quantitative estimate of drug-likeness (QED) is 0.581. The van der Waals surface area contributed by atoms with Crippen molar-refractivity contribution in [3.05, 3.63) is 66.1 Å². The van der Waals surface area contributed by atoms with Crippen LogP contribution < -0.4 is 11.1 Å². The van der Waals surface area contributed by atoms with E-state index in [1.54, 1.807) is 53.3 Å². The van der Waals surface area contributed by atoms with Gasteiger partial charge < -0.3 is 11.1 Å². The predicted octanol–water partition coefficient (Wildman–Crippen LogP) is 1.62. The maximum Gasteiger partial charge on any atom is 0.256 e. The second-order valence-corrected chi connectivity index (χ2v) is 5.40. The zero-order chi connectivity index (χ0) is 18.1. The molecule has 9 nitrogen and oxygen atoms in total. The van der Waals surface area contributed by atoms with Crippen LogP contribution in [0.15, 0.2) is 55.0 Å². The van der Waals surface area contributed by atoms with Gasteiger partial charge in [-0.2, -0.15) is 20.0 Å². The number of nitrogens with two attached hydrogens (primary N) is 1. The van der Waals surface area contributed by atoms with Crippen molar-refractivity contribution in [2.24, 2.45) is 0 Å². The summed E-state index contributed by atoms with van der Waals surface area (Å²) in [5.41, 5.74) is 7.92. The molecule has 3 N–H and O–H groups in total. The molecule has 3 heterocycles. The number of carbonyl (C=O) groups excluding carboxylic acids is 1. The first-order valence-corrected chi connectivity index (χ1v) is 7.61. The van der Waals surface area contributed by atoms with Gasteiger partial charge in [-0.05, 0) is 30.3 Å². The maximum atomic E-state index is 12.5. The summed E-state index contributed by atoms with van der Waals surface area (Å²) in [6, 6.07) is 12.1. The second-order valence-electron chi connectivity index (χ2n) is 5.40. The fraction of sp³-hybridized carbons (Fsp3) is 0. The van der Waals surface area contributed by atoms with E-state index < -0.39 is 0 Å². The summed E-state index contributed by atoms with van der Waals surface area (Å²) in [5, 5.41) is 20.0. The minimum absolute atomic E-state index is 0.252. The fourth-order valence-corrected chi connectivity index (χ4v) is 2.52. The van der Waals surface area contributed by atoms with Gasteiger partial charge in [0.25, 0.3) is 5.91 Å². The van der Waals surface area contributed by atoms with Crippen LogP contribution >= 0.6 is 0 Å². The Bertz CT molecular complexity index is 1150. The lowest BCUT2D eigenvalue weighted by atomic mass is 10.2. The highest BCUT2D eigenvalue weighted by molar-refractivity contribution is 6.04. The Hall–Kier alpha value is -4.19. The molecule has 126 valence electrons. The molecule has 4 aromatic rings. The number of rotatable bonds is 3. The molecule has 0 spiro atoms. The van der Waals surface area contributed by atoms with Crippen molar-refractivity contribution >= 4 is 23.2 Å². The molecule has 9 heteroatoms. The van der Waals surface area contributed by atoms with Crippen LogP contribution in [0.2, 0.25) is 0 Å². The predicted molar refractivity (Wildman–Crippen MR) is 93.6 cm³/mol. The van der Waals surface area contributed by atoms with E-state index in [1.807, 2.05) is 6.07 Å². The summed E-state index contributed by atoms with van der Waals surface area (Å²) >= 11 is 0. The van der Waals surface area contributed by atoms with Gasteiger partial charge in [0.15, 0.2) is 5.65 Å². The first-order valence-electron chi connectivity index (χ1n) is 7.61. The molecule has 0 bridgehead atoms. The number of carbonyl (C=O) groups is 1. The van der Waals surface area contributed by atoms with Crippen LogP contribution in [0.5, 0.6) is 0 Å². The van der Waals surface area contributed by atoms with E-state index in [9.17, 15) is 4.79 Å². The van der Waals surface area contributed by atoms with Crippen molar-refractivity contribution in [3.8, 4) is 11.8 Å². The number of nitrogens with one attached hydrogen (secondary N) is 1. The number of aromatic nitrogens is 5. The topological polar surface area (TPSA) is 127 Å². The van der Waals surface area contributed by atoms with Crippen molar-refractivity contribution in [3.63, 3.8) is 0 Å². The molecule has 4 rings (SSSR count). The molecule has 3 aromatic heterocycles. The van der Waals surface area contributed by atoms with Gasteiger partial charge in [0.05, 0.1) is 18.1 Å². The minimum Gasteiger partial charge on any atom is -0.382 e. The average molecular weight is 344 g/mol. The Morgan fingerprint density at radius 2 is 1.92 bits per heavy atom. The van der Waals surface area contributed by atoms with E-state index in [2.05, 4.69) is 20.5 Å². The van der Waals surface area contributed by atoms with Gasteiger partial charge in [0.2, 0.25) is 0 Å². The molecule has 0 radical (unpaired) electrons. The van der Waals surface area contributed by atoms with Crippen LogP contribution in [0.25, 0.3) is 11.3 Å². The summed E-state index contributed by atoms with van der Waals surface area (Å²) in [5.74, 6) is 0.484. The van der Waals surface area contributed by atoms with E-state index in [0.717, 1.165) is 0 Å². The van der Waals surface area contributed by atoms with Crippen molar-refractivity contribution in [2.75, 3.05) is 11.1 Å². The number of benzene rings is 1. The molecule has 0 saturated carbocycles. The average Bonchev–Trinajstić information content (AvgIpc) is 3.29. The molecule has 1 aromatic carbocycles. The normalized spacial score (nSPS) is 10.6. The van der Waals surface area contributed by atoms with Gasteiger partial charge in [-0.3, -0.25) is 4.79 Å². The first-order chi connectivity index (χ1) is 12.7. The maximum absolute atomic E-state index is 12.5. The van der Waals surface area contributed by atoms with E-state index >= 15 is 0 Å². The first kappa shape index (κ1) is 15.3. The zero-order valence-electron chi connectivity index (χ0n) is 13.4. The molecule has 0 aliphatic rings. The van der Waals surface area contributed by atoms with E-state index in [4.69, 9.17) is 11.0 Å². The number of fused-ring (bicyclic) bond motifs is 1. The molecule has 0 atom stereocenters. The number of nitriles is 1. The third-order valence-electron chi connectivity index (χ3n) is 3.83. The number of amides is 1. The van der Waals surface area contributed by atoms with Gasteiger partial charge in [-0.15, -0.1) is 0 Å². The lowest BCUT2D eigenvalue weighted by Crippen LogP contribution is -2.15. The van der Waals surface area contributed by atoms with Crippen molar-refractivity contribution < 1.29 is 4.79 Å². The monoisotopic (exact) mass is 344 g/mol. The Morgan fingerprint density at radius 1 is 1.12 bits per heavy atom. The molecule has 0 fully saturated rings. The van der Waals surface area contributed by atoms with E-state index in [0.29, 0.717) is 28.3 Å². The highest BCUT2D eigenvalue weighted by Gasteiger charge is 2.12. The molecule has 0 aliphatic heterocycles. The molecule has 0 aliphatic carbocycles. The van der Waals surface area contributed by atoms with Gasteiger partial charge in [-0.1, -0.05) is 0 Å². The van der Waals surface area contributed by atoms with Crippen LogP contribution in [0.4, 0.5) is 11.6 Å². The Balaban J connectivity index is 1.58. The molecule has 26 heavy (non-hydrogen) atoms. The van der Waals surface area contributed by atoms with Crippen molar-refractivity contribution in [1.82, 2.24) is 24.4 Å². The smallest absolute Gasteiger partial charge is 0.256 e. The second kappa shape index (κ2) is 6.03. The van der Waals surface area contributed by atoms with Crippen LogP contribution in [0.1, 0.15) is 15.9 Å². The lowest BCUT2D eigenvalue weighted by Gasteiger charge is -2.08. The molecule has 0 unspecified atom stereocenters. The van der Waals surface area contributed by atoms with Crippen LogP contribution in [0.3, 0.4) is 0 Å².